The maximum absolute atomic E-state index is 17.6. The molecule has 3 aromatic heterocycles. The van der Waals surface area contributed by atoms with Crippen LogP contribution in [0.2, 0.25) is 0 Å². The monoisotopic (exact) mass is 625 g/mol. The SMILES string of the molecule is C=CC(=O)N1CC2COc3c(F)c(-c4c(C)ccc5[nH]ncc45)c(F)c4c3c(nc(=O)n4-c3c(C)ccnc3C(C)C)N2CC1C. The molecule has 1 N–H and O–H groups in total. The molecule has 2 atom stereocenters. The van der Waals surface area contributed by atoms with Crippen LogP contribution in [0.5, 0.6) is 5.75 Å². The number of nitrogens with one attached hydrogen (secondary N) is 1. The predicted octanol–water partition coefficient (Wildman–Crippen LogP) is 5.33. The second kappa shape index (κ2) is 10.7. The van der Waals surface area contributed by atoms with E-state index in [0.717, 1.165) is 0 Å². The van der Waals surface area contributed by atoms with Gasteiger partial charge >= 0.3 is 5.69 Å². The molecule has 0 aliphatic carbocycles. The number of anilines is 1. The molecule has 2 aliphatic heterocycles. The molecule has 0 bridgehead atoms. The number of pyridine rings is 1. The quantitative estimate of drug-likeness (QED) is 0.269. The van der Waals surface area contributed by atoms with Crippen LogP contribution in [0, 0.1) is 25.5 Å². The highest BCUT2D eigenvalue weighted by molar-refractivity contribution is 6.04. The molecule has 0 radical (unpaired) electrons. The van der Waals surface area contributed by atoms with Gasteiger partial charge in [0.1, 0.15) is 17.9 Å². The van der Waals surface area contributed by atoms with Gasteiger partial charge in [-0.3, -0.25) is 19.4 Å². The van der Waals surface area contributed by atoms with E-state index in [1.807, 2.05) is 32.6 Å². The van der Waals surface area contributed by atoms with Crippen molar-refractivity contribution in [2.75, 3.05) is 24.6 Å². The summed E-state index contributed by atoms with van der Waals surface area (Å²) in [4.78, 5) is 39.6. The molecule has 1 fully saturated rings. The number of amides is 1. The Morgan fingerprint density at radius 1 is 1.13 bits per heavy atom. The molecule has 236 valence electrons. The van der Waals surface area contributed by atoms with E-state index in [1.54, 1.807) is 36.2 Å². The third kappa shape index (κ3) is 4.22. The summed E-state index contributed by atoms with van der Waals surface area (Å²) in [5, 5.41) is 7.56. The van der Waals surface area contributed by atoms with Gasteiger partial charge in [-0.25, -0.2) is 13.6 Å². The van der Waals surface area contributed by atoms with Crippen molar-refractivity contribution in [3.05, 3.63) is 82.2 Å². The Morgan fingerprint density at radius 2 is 1.91 bits per heavy atom. The molecule has 5 aromatic rings. The van der Waals surface area contributed by atoms with Gasteiger partial charge in [-0.1, -0.05) is 26.5 Å². The van der Waals surface area contributed by atoms with Crippen LogP contribution in [0.25, 0.3) is 38.6 Å². The number of halogens is 2. The maximum Gasteiger partial charge on any atom is 0.354 e. The third-order valence-electron chi connectivity index (χ3n) is 9.15. The highest BCUT2D eigenvalue weighted by Gasteiger charge is 2.41. The molecule has 1 saturated heterocycles. The Kier molecular flexibility index (Phi) is 6.91. The number of rotatable bonds is 4. The minimum absolute atomic E-state index is 0.0344. The summed E-state index contributed by atoms with van der Waals surface area (Å²) >= 11 is 0. The number of aromatic amines is 1. The van der Waals surface area contributed by atoms with E-state index in [9.17, 15) is 9.59 Å². The van der Waals surface area contributed by atoms with E-state index in [-0.39, 0.29) is 65.6 Å². The number of nitrogens with zero attached hydrogens (tertiary/aromatic N) is 6. The van der Waals surface area contributed by atoms with E-state index >= 15 is 8.78 Å². The van der Waals surface area contributed by atoms with Crippen LogP contribution >= 0.6 is 0 Å². The number of piperazine rings is 1. The molecule has 1 amide bonds. The van der Waals surface area contributed by atoms with Crippen LogP contribution in [-0.2, 0) is 4.79 Å². The number of carbonyl (C=O) groups excluding carboxylic acids is 1. The first-order valence-electron chi connectivity index (χ1n) is 15.2. The Hall–Kier alpha value is -5.13. The average molecular weight is 626 g/mol. The van der Waals surface area contributed by atoms with Gasteiger partial charge in [0.25, 0.3) is 0 Å². The highest BCUT2D eigenvalue weighted by atomic mass is 19.1. The van der Waals surface area contributed by atoms with Gasteiger partial charge in [0, 0.05) is 36.3 Å². The van der Waals surface area contributed by atoms with Crippen molar-refractivity contribution in [1.29, 1.82) is 0 Å². The van der Waals surface area contributed by atoms with Crippen LogP contribution in [0.4, 0.5) is 14.6 Å². The number of benzene rings is 2. The smallest absolute Gasteiger partial charge is 0.354 e. The van der Waals surface area contributed by atoms with Crippen molar-refractivity contribution in [2.45, 2.75) is 52.6 Å². The normalized spacial score (nSPS) is 17.7. The summed E-state index contributed by atoms with van der Waals surface area (Å²) in [7, 11) is 0. The molecule has 12 heteroatoms. The summed E-state index contributed by atoms with van der Waals surface area (Å²) < 4.78 is 42.1. The number of hydrogen-bond donors (Lipinski definition) is 1. The van der Waals surface area contributed by atoms with E-state index in [1.165, 1.54) is 16.8 Å². The molecule has 5 heterocycles. The van der Waals surface area contributed by atoms with Crippen molar-refractivity contribution < 1.29 is 18.3 Å². The number of ether oxygens (including phenoxy) is 1. The van der Waals surface area contributed by atoms with Crippen molar-refractivity contribution in [3.8, 4) is 22.6 Å². The number of fused-ring (bicyclic) bond motifs is 3. The third-order valence-corrected chi connectivity index (χ3v) is 9.15. The van der Waals surface area contributed by atoms with Gasteiger partial charge in [-0.15, -0.1) is 0 Å². The molecule has 46 heavy (non-hydrogen) atoms. The number of aryl methyl sites for hydroxylation is 2. The first-order chi connectivity index (χ1) is 22.0. The molecular weight excluding hydrogens is 592 g/mol. The standard InChI is InChI=1S/C34H33F2N7O3/c1-7-23(44)41-14-20-15-46-32-26-31(27(35)25(28(32)36)24-17(4)8-9-22-21(24)12-38-40-22)43(30-18(5)10-11-37-29(30)16(2)3)34(45)39-33(26)42(20)13-19(41)6/h7-12,16,19-20H,1,13-15H2,2-6H3,(H,38,40). The highest BCUT2D eigenvalue weighted by Crippen LogP contribution is 2.47. The van der Waals surface area contributed by atoms with Gasteiger partial charge in [-0.05, 0) is 56.0 Å². The lowest BCUT2D eigenvalue weighted by molar-refractivity contribution is -0.129. The topological polar surface area (TPSA) is 109 Å². The Labute approximate surface area is 263 Å². The lowest BCUT2D eigenvalue weighted by Crippen LogP contribution is -2.60. The molecular formula is C34H33F2N7O3. The van der Waals surface area contributed by atoms with Gasteiger partial charge in [0.2, 0.25) is 5.91 Å². The van der Waals surface area contributed by atoms with Gasteiger partial charge < -0.3 is 14.5 Å². The van der Waals surface area contributed by atoms with Crippen LogP contribution in [0.3, 0.4) is 0 Å². The molecule has 10 nitrogen and oxygen atoms in total. The zero-order valence-corrected chi connectivity index (χ0v) is 26.2. The fourth-order valence-corrected chi connectivity index (χ4v) is 6.92. The minimum atomic E-state index is -0.928. The summed E-state index contributed by atoms with van der Waals surface area (Å²) in [6, 6.07) is 4.51. The van der Waals surface area contributed by atoms with E-state index in [4.69, 9.17) is 4.74 Å². The van der Waals surface area contributed by atoms with Crippen molar-refractivity contribution in [2.24, 2.45) is 0 Å². The lowest BCUT2D eigenvalue weighted by Gasteiger charge is -2.44. The Bertz CT molecular complexity index is 2160. The lowest BCUT2D eigenvalue weighted by atomic mass is 9.94. The van der Waals surface area contributed by atoms with Gasteiger partial charge in [0.05, 0.1) is 40.1 Å². The van der Waals surface area contributed by atoms with Crippen LogP contribution in [-0.4, -0.2) is 67.3 Å². The molecule has 7 rings (SSSR count). The first kappa shape index (κ1) is 29.6. The zero-order chi connectivity index (χ0) is 32.6. The second-order valence-electron chi connectivity index (χ2n) is 12.4. The molecule has 2 aliphatic rings. The van der Waals surface area contributed by atoms with Crippen molar-refractivity contribution in [3.63, 3.8) is 0 Å². The van der Waals surface area contributed by atoms with E-state index in [0.29, 0.717) is 39.0 Å². The summed E-state index contributed by atoms with van der Waals surface area (Å²) in [6.07, 6.45) is 4.42. The predicted molar refractivity (Wildman–Crippen MR) is 172 cm³/mol. The number of hydrogen-bond acceptors (Lipinski definition) is 7. The first-order valence-corrected chi connectivity index (χ1v) is 15.2. The fourth-order valence-electron chi connectivity index (χ4n) is 6.92. The molecule has 2 aromatic carbocycles. The molecule has 0 saturated carbocycles. The zero-order valence-electron chi connectivity index (χ0n) is 26.2. The Balaban J connectivity index is 1.63. The summed E-state index contributed by atoms with van der Waals surface area (Å²) in [5.74, 6) is -2.32. The molecule has 0 spiro atoms. The number of carbonyl (C=O) groups is 1. The largest absolute Gasteiger partial charge is 0.487 e. The second-order valence-corrected chi connectivity index (χ2v) is 12.4. The van der Waals surface area contributed by atoms with E-state index < -0.39 is 23.4 Å². The van der Waals surface area contributed by atoms with Gasteiger partial charge in [0.15, 0.2) is 17.4 Å². The van der Waals surface area contributed by atoms with Crippen molar-refractivity contribution in [1.82, 2.24) is 29.6 Å². The average Bonchev–Trinajstić information content (AvgIpc) is 3.45. The molecule has 2 unspecified atom stereocenters. The fraction of sp³-hybridized carbons (Fsp3) is 0.324. The summed E-state index contributed by atoms with van der Waals surface area (Å²) in [6.45, 7) is 13.4. The Morgan fingerprint density at radius 3 is 2.65 bits per heavy atom. The maximum atomic E-state index is 17.6. The number of aromatic nitrogens is 5. The van der Waals surface area contributed by atoms with Crippen LogP contribution < -0.4 is 15.3 Å². The minimum Gasteiger partial charge on any atom is -0.487 e. The van der Waals surface area contributed by atoms with Crippen molar-refractivity contribution >= 4 is 33.5 Å². The van der Waals surface area contributed by atoms with E-state index in [2.05, 4.69) is 26.7 Å². The van der Waals surface area contributed by atoms with Crippen LogP contribution in [0.15, 0.2) is 48.0 Å². The number of H-pyrrole nitrogens is 1. The van der Waals surface area contributed by atoms with Gasteiger partial charge in [-0.2, -0.15) is 10.1 Å². The van der Waals surface area contributed by atoms with Crippen LogP contribution in [0.1, 0.15) is 43.5 Å². The summed E-state index contributed by atoms with van der Waals surface area (Å²) in [5.41, 5.74) is 1.91.